The molecule has 1 aliphatic heterocycles. The molecule has 4 heterocycles. The molecule has 0 bridgehead atoms. The molecule has 2 atom stereocenters. The molecule has 0 spiro atoms. The standard InChI is InChI=1S/C27H31N9O3S/c1-34(2)10-11-40(38)25-23(39-17-30-25)16-36-24-19(12-18(13-28)26(36)37)14-29-27(33-24)32-21-6-4-20(5-7-21)31-22-8-9-35(3)15-22/h4-7,12,14,17,22,31H,8-11,15-16H2,1-3H3,(H,29,32,33). The van der Waals surface area contributed by atoms with Crippen molar-refractivity contribution in [3.8, 4) is 6.07 Å². The Labute approximate surface area is 234 Å². The van der Waals surface area contributed by atoms with Gasteiger partial charge in [0.15, 0.2) is 6.39 Å². The number of rotatable bonds is 10. The number of benzene rings is 1. The Kier molecular flexibility index (Phi) is 8.32. The molecular formula is C27H31N9O3S. The maximum atomic E-state index is 13.2. The van der Waals surface area contributed by atoms with E-state index in [-0.39, 0.29) is 28.8 Å². The van der Waals surface area contributed by atoms with Crippen molar-refractivity contribution in [1.82, 2.24) is 29.3 Å². The molecule has 12 nitrogen and oxygen atoms in total. The third-order valence-electron chi connectivity index (χ3n) is 6.70. The molecule has 2 unspecified atom stereocenters. The van der Waals surface area contributed by atoms with Gasteiger partial charge in [-0.05, 0) is 64.4 Å². The van der Waals surface area contributed by atoms with E-state index in [1.54, 1.807) is 6.20 Å². The zero-order valence-corrected chi connectivity index (χ0v) is 23.4. The number of oxazole rings is 1. The molecule has 1 aliphatic rings. The highest BCUT2D eigenvalue weighted by molar-refractivity contribution is 7.91. The third-order valence-corrected chi connectivity index (χ3v) is 8.01. The molecule has 5 rings (SSSR count). The molecule has 1 aromatic carbocycles. The van der Waals surface area contributed by atoms with Gasteiger partial charge in [0.05, 0.1) is 6.54 Å². The van der Waals surface area contributed by atoms with E-state index in [1.807, 2.05) is 49.3 Å². The molecule has 3 aromatic heterocycles. The van der Waals surface area contributed by atoms with Crippen LogP contribution in [0.25, 0.3) is 11.0 Å². The lowest BCUT2D eigenvalue weighted by atomic mass is 10.2. The van der Waals surface area contributed by atoms with Crippen molar-refractivity contribution in [1.29, 1.82) is 5.26 Å². The number of pyridine rings is 1. The van der Waals surface area contributed by atoms with Gasteiger partial charge in [-0.1, -0.05) is 0 Å². The zero-order valence-electron chi connectivity index (χ0n) is 22.6. The molecule has 0 saturated carbocycles. The van der Waals surface area contributed by atoms with E-state index in [0.717, 1.165) is 30.9 Å². The predicted octanol–water partition coefficient (Wildman–Crippen LogP) is 2.23. The smallest absolute Gasteiger partial charge is 0.288 e. The summed E-state index contributed by atoms with van der Waals surface area (Å²) in [6.07, 6.45) is 3.88. The summed E-state index contributed by atoms with van der Waals surface area (Å²) >= 11 is -1.42. The first-order chi connectivity index (χ1) is 19.3. The van der Waals surface area contributed by atoms with Crippen molar-refractivity contribution in [2.24, 2.45) is 0 Å². The van der Waals surface area contributed by atoms with E-state index in [0.29, 0.717) is 29.4 Å². The summed E-state index contributed by atoms with van der Waals surface area (Å²) < 4.78 is 19.7. The molecule has 1 fully saturated rings. The Bertz CT molecular complexity index is 1580. The van der Waals surface area contributed by atoms with E-state index in [2.05, 4.69) is 37.5 Å². The van der Waals surface area contributed by atoms with Gasteiger partial charge in [-0.2, -0.15) is 15.2 Å². The molecule has 2 N–H and O–H groups in total. The van der Waals surface area contributed by atoms with Gasteiger partial charge in [-0.15, -0.1) is 0 Å². The number of aromatic nitrogens is 4. The second-order valence-electron chi connectivity index (χ2n) is 10.1. The van der Waals surface area contributed by atoms with Gasteiger partial charge in [0, 0.05) is 53.3 Å². The normalized spacial score (nSPS) is 16.4. The van der Waals surface area contributed by atoms with Gasteiger partial charge in [0.2, 0.25) is 11.7 Å². The maximum absolute atomic E-state index is 13.2. The molecule has 0 amide bonds. The van der Waals surface area contributed by atoms with Crippen molar-refractivity contribution in [3.63, 3.8) is 0 Å². The zero-order chi connectivity index (χ0) is 28.2. The Hall–Kier alpha value is -3.96. The van der Waals surface area contributed by atoms with E-state index in [1.165, 1.54) is 17.0 Å². The van der Waals surface area contributed by atoms with E-state index < -0.39 is 16.7 Å². The fourth-order valence-electron chi connectivity index (χ4n) is 4.57. The number of nitriles is 1. The van der Waals surface area contributed by atoms with E-state index in [4.69, 9.17) is 4.42 Å². The minimum Gasteiger partial charge on any atom is -0.610 e. The first-order valence-electron chi connectivity index (χ1n) is 12.9. The average molecular weight is 562 g/mol. The molecule has 208 valence electrons. The molecule has 1 saturated heterocycles. The van der Waals surface area contributed by atoms with Gasteiger partial charge >= 0.3 is 0 Å². The Morgan fingerprint density at radius 1 is 1.25 bits per heavy atom. The van der Waals surface area contributed by atoms with Crippen LogP contribution in [0, 0.1) is 11.3 Å². The van der Waals surface area contributed by atoms with Crippen molar-refractivity contribution in [3.05, 3.63) is 64.6 Å². The van der Waals surface area contributed by atoms with Gasteiger partial charge in [-0.3, -0.25) is 9.36 Å². The van der Waals surface area contributed by atoms with Crippen LogP contribution in [0.15, 0.2) is 57.2 Å². The Morgan fingerprint density at radius 3 is 2.73 bits per heavy atom. The number of anilines is 3. The lowest BCUT2D eigenvalue weighted by Crippen LogP contribution is -2.26. The quantitative estimate of drug-likeness (QED) is 0.274. The van der Waals surface area contributed by atoms with Crippen LogP contribution in [0.3, 0.4) is 0 Å². The van der Waals surface area contributed by atoms with E-state index >= 15 is 0 Å². The van der Waals surface area contributed by atoms with Crippen LogP contribution in [0.1, 0.15) is 17.7 Å². The lowest BCUT2D eigenvalue weighted by molar-refractivity contribution is 0.414. The van der Waals surface area contributed by atoms with Crippen molar-refractivity contribution in [2.45, 2.75) is 24.0 Å². The SMILES string of the molecule is CN(C)CC[S+]([O-])c1ncoc1Cn1c(=O)c(C#N)cc2cnc(Nc3ccc(NC4CCN(C)C4)cc3)nc21. The summed E-state index contributed by atoms with van der Waals surface area (Å²) in [5.41, 5.74) is 1.54. The van der Waals surface area contributed by atoms with Crippen LogP contribution < -0.4 is 16.2 Å². The number of likely N-dealkylation sites (N-methyl/N-ethyl adjacent to an activating group) is 1. The number of likely N-dealkylation sites (tertiary alicyclic amines) is 1. The fourth-order valence-corrected chi connectivity index (χ4v) is 5.82. The molecule has 13 heteroatoms. The monoisotopic (exact) mass is 561 g/mol. The van der Waals surface area contributed by atoms with Crippen LogP contribution >= 0.6 is 0 Å². The second-order valence-corrected chi connectivity index (χ2v) is 11.5. The number of nitrogens with zero attached hydrogens (tertiary/aromatic N) is 7. The summed E-state index contributed by atoms with van der Waals surface area (Å²) in [5, 5.41) is 17.1. The van der Waals surface area contributed by atoms with Crippen molar-refractivity contribution < 1.29 is 8.97 Å². The minimum atomic E-state index is -1.42. The molecule has 0 aliphatic carbocycles. The van der Waals surface area contributed by atoms with Gasteiger partial charge in [-0.25, -0.2) is 4.98 Å². The number of nitrogens with one attached hydrogen (secondary N) is 2. The van der Waals surface area contributed by atoms with Crippen LogP contribution in [0.5, 0.6) is 0 Å². The van der Waals surface area contributed by atoms with E-state index in [9.17, 15) is 14.6 Å². The Morgan fingerprint density at radius 2 is 2.02 bits per heavy atom. The van der Waals surface area contributed by atoms with Crippen molar-refractivity contribution >= 4 is 39.5 Å². The topological polar surface area (TPSA) is 151 Å². The minimum absolute atomic E-state index is 0.0526. The van der Waals surface area contributed by atoms with Gasteiger partial charge in [0.25, 0.3) is 10.6 Å². The third kappa shape index (κ3) is 6.26. The fraction of sp³-hybridized carbons (Fsp3) is 0.370. The largest absolute Gasteiger partial charge is 0.610 e. The highest BCUT2D eigenvalue weighted by atomic mass is 32.2. The number of hydrogen-bond donors (Lipinski definition) is 2. The first-order valence-corrected chi connectivity index (χ1v) is 14.2. The van der Waals surface area contributed by atoms with Crippen LogP contribution in [0.2, 0.25) is 0 Å². The highest BCUT2D eigenvalue weighted by Gasteiger charge is 2.24. The van der Waals surface area contributed by atoms with Crippen LogP contribution in [-0.2, 0) is 17.7 Å². The van der Waals surface area contributed by atoms with Crippen molar-refractivity contribution in [2.75, 3.05) is 57.2 Å². The molecular weight excluding hydrogens is 530 g/mol. The number of hydrogen-bond acceptors (Lipinski definition) is 11. The lowest BCUT2D eigenvalue weighted by Gasteiger charge is -2.15. The van der Waals surface area contributed by atoms with Gasteiger partial charge in [0.1, 0.15) is 23.0 Å². The molecule has 0 radical (unpaired) electrons. The summed E-state index contributed by atoms with van der Waals surface area (Å²) in [6, 6.07) is 11.7. The summed E-state index contributed by atoms with van der Waals surface area (Å²) in [7, 11) is 5.91. The summed E-state index contributed by atoms with van der Waals surface area (Å²) in [6.45, 7) is 2.62. The van der Waals surface area contributed by atoms with Crippen LogP contribution in [-0.4, -0.2) is 86.4 Å². The van der Waals surface area contributed by atoms with Gasteiger partial charge < -0.3 is 29.4 Å². The maximum Gasteiger partial charge on any atom is 0.288 e. The highest BCUT2D eigenvalue weighted by Crippen LogP contribution is 2.22. The Balaban J connectivity index is 1.40. The summed E-state index contributed by atoms with van der Waals surface area (Å²) in [5.74, 6) is 0.930. The second kappa shape index (κ2) is 12.1. The summed E-state index contributed by atoms with van der Waals surface area (Å²) in [4.78, 5) is 30.6. The molecule has 40 heavy (non-hydrogen) atoms. The average Bonchev–Trinajstić information content (AvgIpc) is 3.58. The van der Waals surface area contributed by atoms with Crippen LogP contribution in [0.4, 0.5) is 17.3 Å². The predicted molar refractivity (Wildman–Crippen MR) is 153 cm³/mol. The number of fused-ring (bicyclic) bond motifs is 1. The molecule has 4 aromatic rings. The first kappa shape index (κ1) is 27.6.